The van der Waals surface area contributed by atoms with Crippen LogP contribution in [0.1, 0.15) is 24.2 Å². The first-order valence-corrected chi connectivity index (χ1v) is 7.48. The van der Waals surface area contributed by atoms with Crippen molar-refractivity contribution in [1.82, 2.24) is 9.29 Å². The molecule has 7 nitrogen and oxygen atoms in total. The highest BCUT2D eigenvalue weighted by Crippen LogP contribution is 2.16. The van der Waals surface area contributed by atoms with Crippen LogP contribution in [-0.2, 0) is 14.8 Å². The van der Waals surface area contributed by atoms with Gasteiger partial charge in [-0.1, -0.05) is 6.92 Å². The van der Waals surface area contributed by atoms with E-state index in [9.17, 15) is 13.2 Å². The van der Waals surface area contributed by atoms with Gasteiger partial charge in [0.1, 0.15) is 0 Å². The van der Waals surface area contributed by atoms with Crippen molar-refractivity contribution in [3.8, 4) is 0 Å². The van der Waals surface area contributed by atoms with E-state index in [-0.39, 0.29) is 29.8 Å². The first-order chi connectivity index (χ1) is 9.34. The topological polar surface area (TPSA) is 96.8 Å². The number of rotatable bonds is 7. The average Bonchev–Trinajstić information content (AvgIpc) is 2.39. The number of methoxy groups -OCH3 is 1. The van der Waals surface area contributed by atoms with Gasteiger partial charge in [-0.15, -0.1) is 0 Å². The van der Waals surface area contributed by atoms with Gasteiger partial charge < -0.3 is 9.84 Å². The lowest BCUT2D eigenvalue weighted by molar-refractivity contribution is 0.0696. The van der Waals surface area contributed by atoms with Crippen LogP contribution in [0.25, 0.3) is 0 Å². The van der Waals surface area contributed by atoms with Crippen molar-refractivity contribution in [3.63, 3.8) is 0 Å². The standard InChI is InChI=1S/C12H18N2O5S/c1-4-14(9(2)8-19-3)20(17,18)11-6-5-10(7-13-11)12(15)16/h5-7,9H,4,8H2,1-3H3,(H,15,16). The Morgan fingerprint density at radius 2 is 2.15 bits per heavy atom. The van der Waals surface area contributed by atoms with Crippen LogP contribution in [-0.4, -0.2) is 55.1 Å². The highest BCUT2D eigenvalue weighted by atomic mass is 32.2. The maximum atomic E-state index is 12.4. The third-order valence-electron chi connectivity index (χ3n) is 2.77. The third kappa shape index (κ3) is 3.53. The molecule has 0 saturated carbocycles. The summed E-state index contributed by atoms with van der Waals surface area (Å²) in [5.41, 5.74) is -0.0584. The zero-order valence-electron chi connectivity index (χ0n) is 11.6. The molecular formula is C12H18N2O5S. The summed E-state index contributed by atoms with van der Waals surface area (Å²) in [7, 11) is -2.27. The number of likely N-dealkylation sites (N-methyl/N-ethyl adjacent to an activating group) is 1. The molecule has 8 heteroatoms. The summed E-state index contributed by atoms with van der Waals surface area (Å²) < 4.78 is 31.1. The summed E-state index contributed by atoms with van der Waals surface area (Å²) in [5.74, 6) is -1.15. The van der Waals surface area contributed by atoms with Crippen molar-refractivity contribution >= 4 is 16.0 Å². The second kappa shape index (κ2) is 6.78. The normalized spacial score (nSPS) is 13.4. The van der Waals surface area contributed by atoms with Gasteiger partial charge >= 0.3 is 5.97 Å². The molecule has 20 heavy (non-hydrogen) atoms. The lowest BCUT2D eigenvalue weighted by atomic mass is 10.3. The molecule has 0 saturated heterocycles. The van der Waals surface area contributed by atoms with Gasteiger partial charge in [0.2, 0.25) is 0 Å². The van der Waals surface area contributed by atoms with Gasteiger partial charge in [-0.25, -0.2) is 18.2 Å². The lowest BCUT2D eigenvalue weighted by Gasteiger charge is -2.26. The van der Waals surface area contributed by atoms with E-state index < -0.39 is 16.0 Å². The summed E-state index contributed by atoms with van der Waals surface area (Å²) in [5, 5.41) is 8.60. The Bertz CT molecular complexity index is 556. The Labute approximate surface area is 118 Å². The van der Waals surface area contributed by atoms with Gasteiger partial charge in [0.15, 0.2) is 5.03 Å². The first-order valence-electron chi connectivity index (χ1n) is 6.04. The van der Waals surface area contributed by atoms with Crippen molar-refractivity contribution in [3.05, 3.63) is 23.9 Å². The quantitative estimate of drug-likeness (QED) is 0.801. The van der Waals surface area contributed by atoms with E-state index in [1.54, 1.807) is 13.8 Å². The van der Waals surface area contributed by atoms with E-state index in [4.69, 9.17) is 9.84 Å². The fraction of sp³-hybridized carbons (Fsp3) is 0.500. The largest absolute Gasteiger partial charge is 0.478 e. The minimum Gasteiger partial charge on any atom is -0.478 e. The molecule has 112 valence electrons. The predicted molar refractivity (Wildman–Crippen MR) is 72.1 cm³/mol. The van der Waals surface area contributed by atoms with Crippen LogP contribution in [0.4, 0.5) is 0 Å². The molecule has 0 spiro atoms. The van der Waals surface area contributed by atoms with Crippen LogP contribution in [0.15, 0.2) is 23.4 Å². The van der Waals surface area contributed by atoms with E-state index in [1.807, 2.05) is 0 Å². The summed E-state index contributed by atoms with van der Waals surface area (Å²) >= 11 is 0. The highest BCUT2D eigenvalue weighted by Gasteiger charge is 2.28. The molecule has 1 heterocycles. The molecule has 0 bridgehead atoms. The maximum absolute atomic E-state index is 12.4. The first kappa shape index (κ1) is 16.5. The molecule has 0 aliphatic heterocycles. The highest BCUT2D eigenvalue weighted by molar-refractivity contribution is 7.89. The fourth-order valence-corrected chi connectivity index (χ4v) is 3.36. The Kier molecular flexibility index (Phi) is 5.61. The Hall–Kier alpha value is -1.51. The number of carboxylic acid groups (broad SMARTS) is 1. The van der Waals surface area contributed by atoms with Crippen molar-refractivity contribution in [2.75, 3.05) is 20.3 Å². The number of sulfonamides is 1. The number of ether oxygens (including phenoxy) is 1. The second-order valence-electron chi connectivity index (χ2n) is 4.20. The van der Waals surface area contributed by atoms with Crippen LogP contribution in [0.3, 0.4) is 0 Å². The van der Waals surface area contributed by atoms with Gasteiger partial charge in [-0.05, 0) is 19.1 Å². The van der Waals surface area contributed by atoms with E-state index in [1.165, 1.54) is 23.5 Å². The molecule has 1 unspecified atom stereocenters. The fourth-order valence-electron chi connectivity index (χ4n) is 1.82. The number of aromatic carboxylic acids is 1. The number of hydrogen-bond donors (Lipinski definition) is 1. The van der Waals surface area contributed by atoms with Crippen molar-refractivity contribution < 1.29 is 23.1 Å². The zero-order valence-corrected chi connectivity index (χ0v) is 12.4. The molecule has 1 N–H and O–H groups in total. The monoisotopic (exact) mass is 302 g/mol. The molecule has 0 aliphatic carbocycles. The molecular weight excluding hydrogens is 284 g/mol. The van der Waals surface area contributed by atoms with Gasteiger partial charge in [-0.2, -0.15) is 4.31 Å². The van der Waals surface area contributed by atoms with Gasteiger partial charge in [0.05, 0.1) is 12.2 Å². The SMILES string of the molecule is CCN(C(C)COC)S(=O)(=O)c1ccc(C(=O)O)cn1. The van der Waals surface area contributed by atoms with Crippen molar-refractivity contribution in [2.45, 2.75) is 24.9 Å². The third-order valence-corrected chi connectivity index (χ3v) is 4.77. The summed E-state index contributed by atoms with van der Waals surface area (Å²) in [6.07, 6.45) is 1.03. The van der Waals surface area contributed by atoms with Crippen LogP contribution < -0.4 is 0 Å². The molecule has 1 atom stereocenters. The number of carboxylic acids is 1. The Balaban J connectivity index is 3.10. The predicted octanol–water partition coefficient (Wildman–Crippen LogP) is 0.825. The van der Waals surface area contributed by atoms with Crippen LogP contribution in [0.5, 0.6) is 0 Å². The van der Waals surface area contributed by atoms with Crippen LogP contribution in [0, 0.1) is 0 Å². The molecule has 0 radical (unpaired) electrons. The van der Waals surface area contributed by atoms with Gasteiger partial charge in [-0.3, -0.25) is 0 Å². The number of hydrogen-bond acceptors (Lipinski definition) is 5. The Morgan fingerprint density at radius 3 is 2.55 bits per heavy atom. The molecule has 1 aromatic heterocycles. The second-order valence-corrected chi connectivity index (χ2v) is 6.04. The molecule has 0 aromatic carbocycles. The molecule has 1 rings (SSSR count). The van der Waals surface area contributed by atoms with Crippen molar-refractivity contribution in [2.24, 2.45) is 0 Å². The minimum atomic E-state index is -3.77. The number of nitrogens with zero attached hydrogens (tertiary/aromatic N) is 2. The maximum Gasteiger partial charge on any atom is 0.337 e. The zero-order chi connectivity index (χ0) is 15.3. The molecule has 0 aliphatic rings. The average molecular weight is 302 g/mol. The Morgan fingerprint density at radius 1 is 1.50 bits per heavy atom. The molecule has 0 fully saturated rings. The minimum absolute atomic E-state index is 0.0584. The van der Waals surface area contributed by atoms with E-state index >= 15 is 0 Å². The number of pyridine rings is 1. The van der Waals surface area contributed by atoms with Gasteiger partial charge in [0, 0.05) is 25.9 Å². The van der Waals surface area contributed by atoms with E-state index in [2.05, 4.69) is 4.98 Å². The van der Waals surface area contributed by atoms with Crippen molar-refractivity contribution in [1.29, 1.82) is 0 Å². The molecule has 0 amide bonds. The van der Waals surface area contributed by atoms with Gasteiger partial charge in [0.25, 0.3) is 10.0 Å². The number of aromatic nitrogens is 1. The molecule has 1 aromatic rings. The summed E-state index contributed by atoms with van der Waals surface area (Å²) in [4.78, 5) is 14.5. The van der Waals surface area contributed by atoms with E-state index in [0.717, 1.165) is 6.20 Å². The lowest BCUT2D eigenvalue weighted by Crippen LogP contribution is -2.41. The van der Waals surface area contributed by atoms with E-state index in [0.29, 0.717) is 0 Å². The smallest absolute Gasteiger partial charge is 0.337 e. The van der Waals surface area contributed by atoms with Crippen LogP contribution >= 0.6 is 0 Å². The summed E-state index contributed by atoms with van der Waals surface area (Å²) in [6, 6.07) is 2.08. The number of carbonyl (C=O) groups is 1. The van der Waals surface area contributed by atoms with Crippen LogP contribution in [0.2, 0.25) is 0 Å². The summed E-state index contributed by atoms with van der Waals surface area (Å²) in [6.45, 7) is 3.99.